The minimum atomic E-state index is -0.0210. The van der Waals surface area contributed by atoms with Crippen molar-refractivity contribution in [3.05, 3.63) is 54.4 Å². The number of ether oxygens (including phenoxy) is 1. The molecule has 0 aliphatic carbocycles. The zero-order valence-electron chi connectivity index (χ0n) is 11.5. The van der Waals surface area contributed by atoms with E-state index >= 15 is 0 Å². The van der Waals surface area contributed by atoms with Crippen molar-refractivity contribution in [2.75, 3.05) is 11.9 Å². The lowest BCUT2D eigenvalue weighted by atomic mass is 10.3. The summed E-state index contributed by atoms with van der Waals surface area (Å²) in [5, 5.41) is 2.81. The summed E-state index contributed by atoms with van der Waals surface area (Å²) >= 11 is 0. The van der Waals surface area contributed by atoms with Crippen LogP contribution in [0.5, 0.6) is 5.75 Å². The van der Waals surface area contributed by atoms with E-state index in [4.69, 9.17) is 4.74 Å². The first kappa shape index (κ1) is 14.1. The Morgan fingerprint density at radius 2 is 2.00 bits per heavy atom. The average molecular weight is 270 g/mol. The number of rotatable bonds is 6. The standard InChI is InChI=1S/C16H18N2O2/c1-13-9-10-14(12-17-13)18-16(19)8-5-11-20-15-6-3-2-4-7-15/h2-4,6-7,9-10,12H,5,8,11H2,1H3,(H,18,19). The lowest BCUT2D eigenvalue weighted by Gasteiger charge is -2.07. The highest BCUT2D eigenvalue weighted by atomic mass is 16.5. The minimum absolute atomic E-state index is 0.0210. The van der Waals surface area contributed by atoms with E-state index in [1.807, 2.05) is 49.4 Å². The molecular formula is C16H18N2O2. The van der Waals surface area contributed by atoms with Gasteiger partial charge in [-0.15, -0.1) is 0 Å². The summed E-state index contributed by atoms with van der Waals surface area (Å²) in [4.78, 5) is 15.8. The van der Waals surface area contributed by atoms with Gasteiger partial charge in [-0.1, -0.05) is 18.2 Å². The van der Waals surface area contributed by atoms with Gasteiger partial charge in [-0.05, 0) is 37.6 Å². The Bertz CT molecular complexity index is 538. The maximum absolute atomic E-state index is 11.7. The van der Waals surface area contributed by atoms with E-state index in [2.05, 4.69) is 10.3 Å². The number of aryl methyl sites for hydroxylation is 1. The van der Waals surface area contributed by atoms with Crippen LogP contribution in [0.25, 0.3) is 0 Å². The Kier molecular flexibility index (Phi) is 5.12. The molecule has 0 radical (unpaired) electrons. The van der Waals surface area contributed by atoms with Crippen molar-refractivity contribution in [1.82, 2.24) is 4.98 Å². The Hall–Kier alpha value is -2.36. The van der Waals surface area contributed by atoms with Crippen molar-refractivity contribution in [1.29, 1.82) is 0 Å². The van der Waals surface area contributed by atoms with Crippen LogP contribution in [0.2, 0.25) is 0 Å². The monoisotopic (exact) mass is 270 g/mol. The first-order valence-electron chi connectivity index (χ1n) is 6.64. The van der Waals surface area contributed by atoms with E-state index in [1.54, 1.807) is 6.20 Å². The summed E-state index contributed by atoms with van der Waals surface area (Å²) < 4.78 is 5.53. The van der Waals surface area contributed by atoms with Gasteiger partial charge < -0.3 is 10.1 Å². The van der Waals surface area contributed by atoms with E-state index in [0.717, 1.165) is 17.1 Å². The molecule has 4 nitrogen and oxygen atoms in total. The van der Waals surface area contributed by atoms with Crippen LogP contribution in [0.3, 0.4) is 0 Å². The second-order valence-corrected chi connectivity index (χ2v) is 4.50. The Labute approximate surface area is 118 Å². The second-order valence-electron chi connectivity index (χ2n) is 4.50. The molecule has 20 heavy (non-hydrogen) atoms. The van der Waals surface area contributed by atoms with E-state index in [0.29, 0.717) is 19.4 Å². The highest BCUT2D eigenvalue weighted by Gasteiger charge is 2.02. The fourth-order valence-corrected chi connectivity index (χ4v) is 1.70. The highest BCUT2D eigenvalue weighted by molar-refractivity contribution is 5.90. The van der Waals surface area contributed by atoms with Gasteiger partial charge in [0.15, 0.2) is 0 Å². The number of pyridine rings is 1. The van der Waals surface area contributed by atoms with Gasteiger partial charge in [0, 0.05) is 12.1 Å². The van der Waals surface area contributed by atoms with Gasteiger partial charge in [0.05, 0.1) is 18.5 Å². The molecule has 0 bridgehead atoms. The number of nitrogens with zero attached hydrogens (tertiary/aromatic N) is 1. The molecule has 0 fully saturated rings. The number of hydrogen-bond donors (Lipinski definition) is 1. The topological polar surface area (TPSA) is 51.2 Å². The van der Waals surface area contributed by atoms with Crippen LogP contribution in [0.1, 0.15) is 18.5 Å². The summed E-state index contributed by atoms with van der Waals surface area (Å²) in [5.74, 6) is 0.808. The Morgan fingerprint density at radius 1 is 1.20 bits per heavy atom. The number of hydrogen-bond acceptors (Lipinski definition) is 3. The zero-order valence-corrected chi connectivity index (χ0v) is 11.5. The summed E-state index contributed by atoms with van der Waals surface area (Å²) in [5.41, 5.74) is 1.66. The molecule has 4 heteroatoms. The van der Waals surface area contributed by atoms with Crippen LogP contribution in [0, 0.1) is 6.92 Å². The van der Waals surface area contributed by atoms with Crippen molar-refractivity contribution in [3.8, 4) is 5.75 Å². The van der Waals surface area contributed by atoms with Gasteiger partial charge in [0.25, 0.3) is 0 Å². The van der Waals surface area contributed by atoms with Gasteiger partial charge in [0.2, 0.25) is 5.91 Å². The SMILES string of the molecule is Cc1ccc(NC(=O)CCCOc2ccccc2)cn1. The zero-order chi connectivity index (χ0) is 14.2. The number of para-hydroxylation sites is 1. The fraction of sp³-hybridized carbons (Fsp3) is 0.250. The molecule has 104 valence electrons. The van der Waals surface area contributed by atoms with E-state index < -0.39 is 0 Å². The molecule has 0 spiro atoms. The molecule has 0 saturated heterocycles. The molecule has 0 aliphatic rings. The molecule has 0 aliphatic heterocycles. The predicted molar refractivity (Wildman–Crippen MR) is 78.8 cm³/mol. The van der Waals surface area contributed by atoms with Crippen LogP contribution < -0.4 is 10.1 Å². The number of amides is 1. The van der Waals surface area contributed by atoms with Crippen molar-refractivity contribution >= 4 is 11.6 Å². The lowest BCUT2D eigenvalue weighted by molar-refractivity contribution is -0.116. The third-order valence-corrected chi connectivity index (χ3v) is 2.76. The van der Waals surface area contributed by atoms with Crippen molar-refractivity contribution < 1.29 is 9.53 Å². The summed E-state index contributed by atoms with van der Waals surface area (Å²) in [6.45, 7) is 2.44. The van der Waals surface area contributed by atoms with Gasteiger partial charge in [-0.2, -0.15) is 0 Å². The number of carbonyl (C=O) groups excluding carboxylic acids is 1. The highest BCUT2D eigenvalue weighted by Crippen LogP contribution is 2.10. The molecule has 2 aromatic rings. The number of anilines is 1. The molecule has 1 aromatic carbocycles. The van der Waals surface area contributed by atoms with Crippen LogP contribution in [0.4, 0.5) is 5.69 Å². The van der Waals surface area contributed by atoms with Gasteiger partial charge in [-0.3, -0.25) is 9.78 Å². The summed E-state index contributed by atoms with van der Waals surface area (Å²) in [6.07, 6.45) is 2.77. The molecule has 0 atom stereocenters. The van der Waals surface area contributed by atoms with Gasteiger partial charge in [-0.25, -0.2) is 0 Å². The summed E-state index contributed by atoms with van der Waals surface area (Å²) in [7, 11) is 0. The van der Waals surface area contributed by atoms with Crippen LogP contribution >= 0.6 is 0 Å². The quantitative estimate of drug-likeness (QED) is 0.820. The number of carbonyl (C=O) groups is 1. The Morgan fingerprint density at radius 3 is 2.70 bits per heavy atom. The van der Waals surface area contributed by atoms with Crippen LogP contribution in [0.15, 0.2) is 48.7 Å². The van der Waals surface area contributed by atoms with Crippen LogP contribution in [-0.4, -0.2) is 17.5 Å². The van der Waals surface area contributed by atoms with Crippen molar-refractivity contribution in [3.63, 3.8) is 0 Å². The average Bonchev–Trinajstić information content (AvgIpc) is 2.47. The second kappa shape index (κ2) is 7.28. The number of benzene rings is 1. The molecule has 1 amide bonds. The molecule has 1 N–H and O–H groups in total. The first-order valence-corrected chi connectivity index (χ1v) is 6.64. The molecule has 0 unspecified atom stereocenters. The minimum Gasteiger partial charge on any atom is -0.494 e. The maximum atomic E-state index is 11.7. The largest absolute Gasteiger partial charge is 0.494 e. The van der Waals surface area contributed by atoms with E-state index in [9.17, 15) is 4.79 Å². The number of aromatic nitrogens is 1. The third kappa shape index (κ3) is 4.72. The maximum Gasteiger partial charge on any atom is 0.224 e. The van der Waals surface area contributed by atoms with Gasteiger partial charge >= 0.3 is 0 Å². The van der Waals surface area contributed by atoms with Crippen LogP contribution in [-0.2, 0) is 4.79 Å². The molecule has 1 heterocycles. The Balaban J connectivity index is 1.66. The van der Waals surface area contributed by atoms with Crippen molar-refractivity contribution in [2.24, 2.45) is 0 Å². The van der Waals surface area contributed by atoms with Crippen molar-refractivity contribution in [2.45, 2.75) is 19.8 Å². The normalized spacial score (nSPS) is 10.1. The van der Waals surface area contributed by atoms with Gasteiger partial charge in [0.1, 0.15) is 5.75 Å². The summed E-state index contributed by atoms with van der Waals surface area (Å²) in [6, 6.07) is 13.3. The van der Waals surface area contributed by atoms with E-state index in [1.165, 1.54) is 0 Å². The van der Waals surface area contributed by atoms with E-state index in [-0.39, 0.29) is 5.91 Å². The molecular weight excluding hydrogens is 252 g/mol. The molecule has 2 rings (SSSR count). The third-order valence-electron chi connectivity index (χ3n) is 2.76. The lowest BCUT2D eigenvalue weighted by Crippen LogP contribution is -2.13. The molecule has 0 saturated carbocycles. The number of nitrogens with one attached hydrogen (secondary N) is 1. The predicted octanol–water partition coefficient (Wildman–Crippen LogP) is 3.19. The first-order chi connectivity index (χ1) is 9.74. The molecule has 1 aromatic heterocycles. The smallest absolute Gasteiger partial charge is 0.224 e. The fourth-order valence-electron chi connectivity index (χ4n) is 1.70.